The van der Waals surface area contributed by atoms with E-state index in [-0.39, 0.29) is 41.0 Å². The molecule has 2 N–H and O–H groups in total. The fourth-order valence-corrected chi connectivity index (χ4v) is 4.99. The molecule has 0 radical (unpaired) electrons. The summed E-state index contributed by atoms with van der Waals surface area (Å²) in [7, 11) is 0. The number of Topliss-reactive ketones (excluding diaryl/α,β-unsaturated/α-hetero) is 1. The van der Waals surface area contributed by atoms with Gasteiger partial charge in [-0.25, -0.2) is 4.79 Å². The van der Waals surface area contributed by atoms with Crippen molar-refractivity contribution in [1.29, 1.82) is 0 Å². The van der Waals surface area contributed by atoms with E-state index in [4.69, 9.17) is 4.42 Å². The molecule has 9 nitrogen and oxygen atoms in total. The lowest BCUT2D eigenvalue weighted by Crippen LogP contribution is -2.52. The highest BCUT2D eigenvalue weighted by molar-refractivity contribution is 5.99. The van der Waals surface area contributed by atoms with Crippen molar-refractivity contribution in [2.75, 3.05) is 0 Å². The van der Waals surface area contributed by atoms with E-state index in [1.165, 1.54) is 0 Å². The number of hydrogen-bond donors (Lipinski definition) is 2. The number of rotatable bonds is 10. The second-order valence-electron chi connectivity index (χ2n) is 12.6. The fourth-order valence-electron chi connectivity index (χ4n) is 4.99. The molecule has 1 aliphatic carbocycles. The van der Waals surface area contributed by atoms with Crippen LogP contribution in [0.3, 0.4) is 0 Å². The molecular formula is C30H44N4O5. The third-order valence-corrected chi connectivity index (χ3v) is 7.13. The Morgan fingerprint density at radius 3 is 2.26 bits per heavy atom. The lowest BCUT2D eigenvalue weighted by molar-refractivity contribution is -0.127. The molecule has 9 heteroatoms. The van der Waals surface area contributed by atoms with Crippen LogP contribution in [0.2, 0.25) is 0 Å². The smallest absolute Gasteiger partial charge is 0.384 e. The maximum Gasteiger partial charge on any atom is 0.437 e. The monoisotopic (exact) mass is 540 g/mol. The van der Waals surface area contributed by atoms with E-state index in [1.54, 1.807) is 0 Å². The van der Waals surface area contributed by atoms with Gasteiger partial charge in [-0.15, -0.1) is 5.10 Å². The first kappa shape index (κ1) is 30.3. The quantitative estimate of drug-likeness (QED) is 0.428. The summed E-state index contributed by atoms with van der Waals surface area (Å²) in [6.07, 6.45) is 3.43. The van der Waals surface area contributed by atoms with Gasteiger partial charge in [0.25, 0.3) is 11.8 Å². The SMILES string of the molecule is CC(C)C[C@H](NC(=O)[C@@H]1CCCC[C@@H]1NC(=O)c1ccc(C(C)(C)C)cc1)C(=O)c1nn(CC(C)C)c(=O)o1. The Labute approximate surface area is 231 Å². The highest BCUT2D eigenvalue weighted by Crippen LogP contribution is 2.26. The second-order valence-corrected chi connectivity index (χ2v) is 12.6. The lowest BCUT2D eigenvalue weighted by Gasteiger charge is -2.32. The van der Waals surface area contributed by atoms with Crippen LogP contribution < -0.4 is 16.4 Å². The number of nitrogens with one attached hydrogen (secondary N) is 2. The largest absolute Gasteiger partial charge is 0.437 e. The zero-order valence-electron chi connectivity index (χ0n) is 24.4. The third-order valence-electron chi connectivity index (χ3n) is 7.13. The van der Waals surface area contributed by atoms with Crippen molar-refractivity contribution in [3.8, 4) is 0 Å². The summed E-state index contributed by atoms with van der Waals surface area (Å²) in [6, 6.07) is 6.33. The number of benzene rings is 1. The van der Waals surface area contributed by atoms with Crippen molar-refractivity contribution in [3.63, 3.8) is 0 Å². The topological polar surface area (TPSA) is 123 Å². The Morgan fingerprint density at radius 1 is 1.03 bits per heavy atom. The Morgan fingerprint density at radius 2 is 1.67 bits per heavy atom. The number of carbonyl (C=O) groups excluding carboxylic acids is 3. The second kappa shape index (κ2) is 12.7. The van der Waals surface area contributed by atoms with Crippen molar-refractivity contribution < 1.29 is 18.8 Å². The maximum atomic E-state index is 13.5. The number of hydrogen-bond acceptors (Lipinski definition) is 6. The average Bonchev–Trinajstić information content (AvgIpc) is 3.22. The zero-order chi connectivity index (χ0) is 28.9. The third kappa shape index (κ3) is 8.13. The Bertz CT molecular complexity index is 1200. The average molecular weight is 541 g/mol. The predicted molar refractivity (Wildman–Crippen MR) is 150 cm³/mol. The first-order chi connectivity index (χ1) is 18.3. The van der Waals surface area contributed by atoms with E-state index in [1.807, 2.05) is 52.0 Å². The van der Waals surface area contributed by atoms with Gasteiger partial charge in [0.1, 0.15) is 0 Å². The van der Waals surface area contributed by atoms with Crippen LogP contribution in [0.1, 0.15) is 107 Å². The summed E-state index contributed by atoms with van der Waals surface area (Å²) < 4.78 is 6.30. The molecule has 39 heavy (non-hydrogen) atoms. The number of aromatic nitrogens is 2. The molecule has 1 aromatic heterocycles. The van der Waals surface area contributed by atoms with Crippen molar-refractivity contribution in [2.24, 2.45) is 17.8 Å². The van der Waals surface area contributed by atoms with Gasteiger partial charge in [-0.2, -0.15) is 4.68 Å². The molecule has 214 valence electrons. The van der Waals surface area contributed by atoms with E-state index >= 15 is 0 Å². The summed E-state index contributed by atoms with van der Waals surface area (Å²) in [5.41, 5.74) is 1.67. The molecule has 0 bridgehead atoms. The Kier molecular flexibility index (Phi) is 9.91. The fraction of sp³-hybridized carbons (Fsp3) is 0.633. The molecule has 2 aromatic rings. The summed E-state index contributed by atoms with van der Waals surface area (Å²) in [5, 5.41) is 10.1. The molecule has 2 amide bonds. The van der Waals surface area contributed by atoms with Gasteiger partial charge in [0, 0.05) is 11.6 Å². The lowest BCUT2D eigenvalue weighted by atomic mass is 9.83. The molecule has 0 spiro atoms. The van der Waals surface area contributed by atoms with Gasteiger partial charge in [0.2, 0.25) is 11.7 Å². The number of amides is 2. The van der Waals surface area contributed by atoms with Crippen LogP contribution in [0.15, 0.2) is 33.5 Å². The first-order valence-electron chi connectivity index (χ1n) is 14.1. The molecule has 3 rings (SSSR count). The zero-order valence-corrected chi connectivity index (χ0v) is 24.4. The van der Waals surface area contributed by atoms with Gasteiger partial charge in [-0.05, 0) is 54.2 Å². The van der Waals surface area contributed by atoms with Crippen LogP contribution in [-0.2, 0) is 16.8 Å². The highest BCUT2D eigenvalue weighted by atomic mass is 16.4. The summed E-state index contributed by atoms with van der Waals surface area (Å²) in [5.74, 6) is -2.22. The van der Waals surface area contributed by atoms with E-state index in [9.17, 15) is 19.2 Å². The van der Waals surface area contributed by atoms with Gasteiger partial charge < -0.3 is 15.1 Å². The van der Waals surface area contributed by atoms with Crippen molar-refractivity contribution >= 4 is 17.6 Å². The summed E-state index contributed by atoms with van der Waals surface area (Å²) in [6.45, 7) is 14.5. The highest BCUT2D eigenvalue weighted by Gasteiger charge is 2.36. The number of ketones is 1. The number of nitrogens with zero attached hydrogens (tertiary/aromatic N) is 2. The number of carbonyl (C=O) groups is 3. The van der Waals surface area contributed by atoms with Gasteiger partial charge in [0.15, 0.2) is 0 Å². The standard InChI is InChI=1S/C30H44N4O5/c1-18(2)16-24(25(35)28-33-34(17-19(3)4)29(38)39-28)32-27(37)22-10-8-9-11-23(22)31-26(36)20-12-14-21(15-13-20)30(5,6)7/h12-15,18-19,22-24H,8-11,16-17H2,1-7H3,(H,31,36)(H,32,37)/t22-,23+,24+/m1/s1. The maximum absolute atomic E-state index is 13.5. The van der Waals surface area contributed by atoms with Crippen LogP contribution in [-0.4, -0.2) is 39.5 Å². The molecule has 1 saturated carbocycles. The summed E-state index contributed by atoms with van der Waals surface area (Å²) in [4.78, 5) is 52.0. The minimum atomic E-state index is -0.883. The van der Waals surface area contributed by atoms with E-state index in [0.29, 0.717) is 31.4 Å². The normalized spacial score (nSPS) is 18.7. The molecule has 1 heterocycles. The van der Waals surface area contributed by atoms with Gasteiger partial charge in [-0.1, -0.05) is 73.4 Å². The molecule has 0 unspecified atom stereocenters. The Hall–Kier alpha value is -3.23. The van der Waals surface area contributed by atoms with Crippen LogP contribution >= 0.6 is 0 Å². The van der Waals surface area contributed by atoms with Crippen LogP contribution in [0.25, 0.3) is 0 Å². The molecule has 0 saturated heterocycles. The van der Waals surface area contributed by atoms with E-state index in [2.05, 4.69) is 36.5 Å². The minimum Gasteiger partial charge on any atom is -0.384 e. The van der Waals surface area contributed by atoms with Crippen molar-refractivity contribution in [3.05, 3.63) is 51.8 Å². The predicted octanol–water partition coefficient (Wildman–Crippen LogP) is 4.49. The van der Waals surface area contributed by atoms with Crippen LogP contribution in [0.4, 0.5) is 0 Å². The van der Waals surface area contributed by atoms with Crippen LogP contribution in [0.5, 0.6) is 0 Å². The van der Waals surface area contributed by atoms with E-state index in [0.717, 1.165) is 23.1 Å². The van der Waals surface area contributed by atoms with Crippen molar-refractivity contribution in [1.82, 2.24) is 20.4 Å². The Balaban J connectivity index is 1.73. The first-order valence-corrected chi connectivity index (χ1v) is 14.1. The van der Waals surface area contributed by atoms with Crippen molar-refractivity contribution in [2.45, 2.75) is 105 Å². The minimum absolute atomic E-state index is 0.0133. The van der Waals surface area contributed by atoms with Gasteiger partial charge >= 0.3 is 5.76 Å². The molecule has 1 fully saturated rings. The summed E-state index contributed by atoms with van der Waals surface area (Å²) >= 11 is 0. The van der Waals surface area contributed by atoms with Gasteiger partial charge in [-0.3, -0.25) is 14.4 Å². The van der Waals surface area contributed by atoms with Gasteiger partial charge in [0.05, 0.1) is 18.5 Å². The molecule has 3 atom stereocenters. The molecule has 1 aliphatic rings. The molecular weight excluding hydrogens is 496 g/mol. The molecule has 0 aliphatic heterocycles. The molecule has 1 aromatic carbocycles. The van der Waals surface area contributed by atoms with Crippen LogP contribution in [0, 0.1) is 17.8 Å². The van der Waals surface area contributed by atoms with E-state index < -0.39 is 23.5 Å².